The van der Waals surface area contributed by atoms with E-state index in [1.807, 2.05) is 6.26 Å². The molecule has 0 amide bonds. The lowest BCUT2D eigenvalue weighted by Crippen LogP contribution is -2.07. The molecule has 0 aromatic carbocycles. The second-order valence-electron chi connectivity index (χ2n) is 7.14. The second-order valence-corrected chi connectivity index (χ2v) is 8.91. The minimum atomic E-state index is 0.0805. The van der Waals surface area contributed by atoms with Crippen LogP contribution >= 0.6 is 23.1 Å². The van der Waals surface area contributed by atoms with E-state index in [0.717, 1.165) is 45.3 Å². The molecule has 0 fully saturated rings. The molecular formula is C19H24N4OS2. The summed E-state index contributed by atoms with van der Waals surface area (Å²) >= 11 is 3.22. The van der Waals surface area contributed by atoms with E-state index >= 15 is 0 Å². The predicted molar refractivity (Wildman–Crippen MR) is 111 cm³/mol. The highest BCUT2D eigenvalue weighted by Crippen LogP contribution is 2.42. The Bertz CT molecular complexity index is 967. The first-order chi connectivity index (χ1) is 12.6. The van der Waals surface area contributed by atoms with E-state index in [2.05, 4.69) is 24.1 Å². The van der Waals surface area contributed by atoms with Crippen LogP contribution in [0, 0.1) is 5.92 Å². The third-order valence-electron chi connectivity index (χ3n) is 4.79. The van der Waals surface area contributed by atoms with Gasteiger partial charge in [-0.15, -0.1) is 11.3 Å². The van der Waals surface area contributed by atoms with Gasteiger partial charge in [0.2, 0.25) is 0 Å². The van der Waals surface area contributed by atoms with E-state index < -0.39 is 0 Å². The Morgan fingerprint density at radius 1 is 1.19 bits per heavy atom. The van der Waals surface area contributed by atoms with Gasteiger partial charge in [0.25, 0.3) is 0 Å². The molecule has 0 bridgehead atoms. The number of nitrogens with one attached hydrogen (secondary N) is 1. The van der Waals surface area contributed by atoms with Gasteiger partial charge in [-0.1, -0.05) is 25.6 Å². The van der Waals surface area contributed by atoms with Crippen LogP contribution in [0.3, 0.4) is 0 Å². The SMILES string of the molecule is CSc1nc(NCCO)c2sc3nc(CC(C)C)c4c(c3c2n1)CCC4. The van der Waals surface area contributed by atoms with Gasteiger partial charge in [-0.05, 0) is 49.0 Å². The lowest BCUT2D eigenvalue weighted by molar-refractivity contribution is 0.311. The number of thiophene rings is 1. The third-order valence-corrected chi connectivity index (χ3v) is 6.41. The predicted octanol–water partition coefficient (Wildman–Crippen LogP) is 4.05. The van der Waals surface area contributed by atoms with Crippen LogP contribution in [0.1, 0.15) is 37.1 Å². The van der Waals surface area contributed by atoms with E-state index in [1.165, 1.54) is 28.6 Å². The van der Waals surface area contributed by atoms with Crippen molar-refractivity contribution in [1.82, 2.24) is 15.0 Å². The Hall–Kier alpha value is -1.44. The first kappa shape index (κ1) is 17.9. The van der Waals surface area contributed by atoms with E-state index in [9.17, 15) is 5.11 Å². The number of hydrogen-bond donors (Lipinski definition) is 2. The van der Waals surface area contributed by atoms with Crippen LogP contribution in [0.5, 0.6) is 0 Å². The molecular weight excluding hydrogens is 364 g/mol. The van der Waals surface area contributed by atoms with Gasteiger partial charge in [-0.2, -0.15) is 0 Å². The maximum absolute atomic E-state index is 9.19. The van der Waals surface area contributed by atoms with Gasteiger partial charge in [-0.3, -0.25) is 0 Å². The number of hydrogen-bond acceptors (Lipinski definition) is 7. The zero-order chi connectivity index (χ0) is 18.3. The molecule has 0 spiro atoms. The maximum Gasteiger partial charge on any atom is 0.189 e. The maximum atomic E-state index is 9.19. The highest BCUT2D eigenvalue weighted by atomic mass is 32.2. The molecule has 0 unspecified atom stereocenters. The monoisotopic (exact) mass is 388 g/mol. The third kappa shape index (κ3) is 3.06. The Labute approximate surface area is 161 Å². The first-order valence-electron chi connectivity index (χ1n) is 9.16. The minimum Gasteiger partial charge on any atom is -0.395 e. The summed E-state index contributed by atoms with van der Waals surface area (Å²) in [5, 5.41) is 14.4. The molecule has 0 saturated carbocycles. The molecule has 5 nitrogen and oxygen atoms in total. The molecule has 7 heteroatoms. The van der Waals surface area contributed by atoms with E-state index in [1.54, 1.807) is 23.1 Å². The largest absolute Gasteiger partial charge is 0.395 e. The van der Waals surface area contributed by atoms with Crippen molar-refractivity contribution in [3.63, 3.8) is 0 Å². The molecule has 138 valence electrons. The molecule has 0 saturated heterocycles. The summed E-state index contributed by atoms with van der Waals surface area (Å²) in [5.41, 5.74) is 5.21. The normalized spacial score (nSPS) is 13.9. The second kappa shape index (κ2) is 7.29. The number of aryl methyl sites for hydroxylation is 1. The summed E-state index contributed by atoms with van der Waals surface area (Å²) in [5.74, 6) is 1.41. The summed E-state index contributed by atoms with van der Waals surface area (Å²) in [4.78, 5) is 15.6. The van der Waals surface area contributed by atoms with Crippen LogP contribution in [0.25, 0.3) is 20.4 Å². The number of aliphatic hydroxyl groups is 1. The van der Waals surface area contributed by atoms with E-state index in [0.29, 0.717) is 12.5 Å². The molecule has 4 rings (SSSR count). The van der Waals surface area contributed by atoms with Gasteiger partial charge in [0, 0.05) is 17.6 Å². The lowest BCUT2D eigenvalue weighted by atomic mass is 9.99. The molecule has 0 radical (unpaired) electrons. The molecule has 3 aromatic heterocycles. The Morgan fingerprint density at radius 2 is 2.00 bits per heavy atom. The molecule has 3 aromatic rings. The summed E-state index contributed by atoms with van der Waals surface area (Å²) in [6.07, 6.45) is 6.48. The molecule has 1 aliphatic rings. The Morgan fingerprint density at radius 3 is 2.73 bits per heavy atom. The number of aliphatic hydroxyl groups excluding tert-OH is 1. The average molecular weight is 389 g/mol. The van der Waals surface area contributed by atoms with Crippen LogP contribution in [0.15, 0.2) is 5.16 Å². The topological polar surface area (TPSA) is 70.9 Å². The Kier molecular flexibility index (Phi) is 5.03. The molecule has 26 heavy (non-hydrogen) atoms. The van der Waals surface area contributed by atoms with Crippen LogP contribution in [-0.4, -0.2) is 39.5 Å². The summed E-state index contributed by atoms with van der Waals surface area (Å²) < 4.78 is 1.05. The van der Waals surface area contributed by atoms with Crippen LogP contribution in [-0.2, 0) is 19.3 Å². The van der Waals surface area contributed by atoms with Crippen LogP contribution < -0.4 is 5.32 Å². The number of aromatic nitrogens is 3. The van der Waals surface area contributed by atoms with Gasteiger partial charge >= 0.3 is 0 Å². The molecule has 0 aliphatic heterocycles. The van der Waals surface area contributed by atoms with Gasteiger partial charge < -0.3 is 10.4 Å². The summed E-state index contributed by atoms with van der Waals surface area (Å²) in [7, 11) is 0. The highest BCUT2D eigenvalue weighted by molar-refractivity contribution is 7.98. The number of fused-ring (bicyclic) bond motifs is 5. The summed E-state index contributed by atoms with van der Waals surface area (Å²) in [6.45, 7) is 5.08. The van der Waals surface area contributed by atoms with Crippen molar-refractivity contribution >= 4 is 49.3 Å². The average Bonchev–Trinajstić information content (AvgIpc) is 3.23. The van der Waals surface area contributed by atoms with E-state index in [4.69, 9.17) is 9.97 Å². The van der Waals surface area contributed by atoms with Crippen molar-refractivity contribution in [3.8, 4) is 0 Å². The number of nitrogens with zero attached hydrogens (tertiary/aromatic N) is 3. The van der Waals surface area contributed by atoms with Crippen molar-refractivity contribution in [2.24, 2.45) is 5.92 Å². The van der Waals surface area contributed by atoms with Gasteiger partial charge in [-0.25, -0.2) is 15.0 Å². The number of thioether (sulfide) groups is 1. The molecule has 2 N–H and O–H groups in total. The summed E-state index contributed by atoms with van der Waals surface area (Å²) in [6, 6.07) is 0. The lowest BCUT2D eigenvalue weighted by Gasteiger charge is -2.11. The van der Waals surface area contributed by atoms with Crippen molar-refractivity contribution in [2.75, 3.05) is 24.7 Å². The fourth-order valence-electron chi connectivity index (χ4n) is 3.76. The fraction of sp³-hybridized carbons (Fsp3) is 0.526. The standard InChI is InChI=1S/C19H24N4OS2/c1-10(2)9-13-11-5-4-6-12(11)14-15-16(26-18(14)21-13)17(20-7-8-24)23-19(22-15)25-3/h10,24H,4-9H2,1-3H3,(H,20,22,23). The van der Waals surface area contributed by atoms with Crippen LogP contribution in [0.4, 0.5) is 5.82 Å². The fourth-order valence-corrected chi connectivity index (χ4v) is 5.26. The van der Waals surface area contributed by atoms with Crippen molar-refractivity contribution in [1.29, 1.82) is 0 Å². The number of pyridine rings is 1. The quantitative estimate of drug-likeness (QED) is 0.490. The Balaban J connectivity index is 2.00. The zero-order valence-electron chi connectivity index (χ0n) is 15.4. The van der Waals surface area contributed by atoms with Crippen molar-refractivity contribution in [2.45, 2.75) is 44.7 Å². The van der Waals surface area contributed by atoms with Crippen LogP contribution in [0.2, 0.25) is 0 Å². The van der Waals surface area contributed by atoms with E-state index in [-0.39, 0.29) is 6.61 Å². The molecule has 1 aliphatic carbocycles. The first-order valence-corrected chi connectivity index (χ1v) is 11.2. The van der Waals surface area contributed by atoms with Gasteiger partial charge in [0.1, 0.15) is 10.6 Å². The van der Waals surface area contributed by atoms with Crippen molar-refractivity contribution in [3.05, 3.63) is 16.8 Å². The van der Waals surface area contributed by atoms with Crippen molar-refractivity contribution < 1.29 is 5.11 Å². The number of rotatable bonds is 6. The molecule has 0 atom stereocenters. The highest BCUT2D eigenvalue weighted by Gasteiger charge is 2.25. The van der Waals surface area contributed by atoms with Gasteiger partial charge in [0.15, 0.2) is 5.16 Å². The smallest absolute Gasteiger partial charge is 0.189 e. The molecule has 3 heterocycles. The number of anilines is 1. The van der Waals surface area contributed by atoms with Gasteiger partial charge in [0.05, 0.1) is 16.8 Å². The minimum absolute atomic E-state index is 0.0805. The zero-order valence-corrected chi connectivity index (χ0v) is 17.1.